The fourth-order valence-corrected chi connectivity index (χ4v) is 2.63. The van der Waals surface area contributed by atoms with Gasteiger partial charge in [0.1, 0.15) is 0 Å². The smallest absolute Gasteiger partial charge is 0.237 e. The summed E-state index contributed by atoms with van der Waals surface area (Å²) in [6, 6.07) is 0.0363. The first-order valence-electron chi connectivity index (χ1n) is 6.45. The molecule has 0 radical (unpaired) electrons. The van der Waals surface area contributed by atoms with Gasteiger partial charge in [0, 0.05) is 6.54 Å². The summed E-state index contributed by atoms with van der Waals surface area (Å²) in [5.74, 6) is 0.720. The number of carbonyl (C=O) groups is 1. The molecule has 2 fully saturated rings. The second kappa shape index (κ2) is 5.64. The van der Waals surface area contributed by atoms with Crippen molar-refractivity contribution in [3.05, 3.63) is 0 Å². The first-order chi connectivity index (χ1) is 7.75. The van der Waals surface area contributed by atoms with Crippen molar-refractivity contribution >= 4 is 5.91 Å². The highest BCUT2D eigenvalue weighted by molar-refractivity contribution is 5.81. The molecule has 1 amide bonds. The van der Waals surface area contributed by atoms with Crippen LogP contribution in [-0.4, -0.2) is 36.2 Å². The summed E-state index contributed by atoms with van der Waals surface area (Å²) in [5.41, 5.74) is 0. The first kappa shape index (κ1) is 11.9. The lowest BCUT2D eigenvalue weighted by atomic mass is 9.87. The zero-order chi connectivity index (χ0) is 11.4. The Bertz CT molecular complexity index is 231. The van der Waals surface area contributed by atoms with Gasteiger partial charge in [0.05, 0.1) is 12.1 Å². The van der Waals surface area contributed by atoms with E-state index in [-0.39, 0.29) is 18.1 Å². The van der Waals surface area contributed by atoms with E-state index < -0.39 is 0 Å². The largest absolute Gasteiger partial charge is 0.393 e. The zero-order valence-corrected chi connectivity index (χ0v) is 9.74. The summed E-state index contributed by atoms with van der Waals surface area (Å²) in [4.78, 5) is 11.7. The molecule has 4 nitrogen and oxygen atoms in total. The molecule has 4 heteroatoms. The zero-order valence-electron chi connectivity index (χ0n) is 9.74. The SMILES string of the molecule is O=C(NCC1CCC(O)CC1)[C@H]1CCCN1. The lowest BCUT2D eigenvalue weighted by Gasteiger charge is -2.25. The minimum atomic E-state index is -0.108. The number of aliphatic hydroxyl groups excluding tert-OH is 1. The molecule has 2 rings (SSSR count). The van der Waals surface area contributed by atoms with E-state index in [4.69, 9.17) is 0 Å². The van der Waals surface area contributed by atoms with Crippen LogP contribution in [0, 0.1) is 5.92 Å². The molecule has 2 aliphatic rings. The number of rotatable bonds is 3. The van der Waals surface area contributed by atoms with E-state index in [1.165, 1.54) is 0 Å². The quantitative estimate of drug-likeness (QED) is 0.653. The first-order valence-corrected chi connectivity index (χ1v) is 6.45. The minimum absolute atomic E-state index is 0.0363. The third kappa shape index (κ3) is 3.19. The topological polar surface area (TPSA) is 61.4 Å². The molecule has 0 aromatic rings. The Morgan fingerprint density at radius 1 is 1.25 bits per heavy atom. The summed E-state index contributed by atoms with van der Waals surface area (Å²) < 4.78 is 0. The van der Waals surface area contributed by atoms with E-state index in [0.717, 1.165) is 51.6 Å². The van der Waals surface area contributed by atoms with Gasteiger partial charge in [0.2, 0.25) is 5.91 Å². The molecule has 0 aromatic heterocycles. The molecular weight excluding hydrogens is 204 g/mol. The third-order valence-electron chi connectivity index (χ3n) is 3.76. The molecule has 3 N–H and O–H groups in total. The van der Waals surface area contributed by atoms with Gasteiger partial charge in [0.25, 0.3) is 0 Å². The van der Waals surface area contributed by atoms with Crippen molar-refractivity contribution in [1.29, 1.82) is 0 Å². The van der Waals surface area contributed by atoms with Crippen LogP contribution in [0.2, 0.25) is 0 Å². The Morgan fingerprint density at radius 3 is 2.62 bits per heavy atom. The molecule has 1 saturated heterocycles. The number of amides is 1. The van der Waals surface area contributed by atoms with Gasteiger partial charge in [0.15, 0.2) is 0 Å². The van der Waals surface area contributed by atoms with Crippen molar-refractivity contribution < 1.29 is 9.90 Å². The number of nitrogens with one attached hydrogen (secondary N) is 2. The number of aliphatic hydroxyl groups is 1. The summed E-state index contributed by atoms with van der Waals surface area (Å²) in [7, 11) is 0. The predicted octanol–water partition coefficient (Wildman–Crippen LogP) is 0.406. The van der Waals surface area contributed by atoms with Crippen molar-refractivity contribution in [1.82, 2.24) is 10.6 Å². The molecule has 1 heterocycles. The monoisotopic (exact) mass is 226 g/mol. The molecule has 1 aliphatic heterocycles. The van der Waals surface area contributed by atoms with Gasteiger partial charge in [-0.25, -0.2) is 0 Å². The van der Waals surface area contributed by atoms with E-state index >= 15 is 0 Å². The number of carbonyl (C=O) groups excluding carboxylic acids is 1. The standard InChI is InChI=1S/C12H22N2O2/c15-10-5-3-9(4-6-10)8-14-12(16)11-2-1-7-13-11/h9-11,13,15H,1-8H2,(H,14,16)/t9?,10?,11-/m1/s1. The molecule has 1 aliphatic carbocycles. The van der Waals surface area contributed by atoms with Gasteiger partial charge < -0.3 is 15.7 Å². The van der Waals surface area contributed by atoms with Crippen LogP contribution in [0.3, 0.4) is 0 Å². The molecule has 0 bridgehead atoms. The highest BCUT2D eigenvalue weighted by Crippen LogP contribution is 2.23. The van der Waals surface area contributed by atoms with E-state index in [1.54, 1.807) is 0 Å². The highest BCUT2D eigenvalue weighted by atomic mass is 16.3. The van der Waals surface area contributed by atoms with Crippen LogP contribution >= 0.6 is 0 Å². The Kier molecular flexibility index (Phi) is 4.18. The van der Waals surface area contributed by atoms with Crippen LogP contribution in [0.1, 0.15) is 38.5 Å². The lowest BCUT2D eigenvalue weighted by Crippen LogP contribution is -2.42. The lowest BCUT2D eigenvalue weighted by molar-refractivity contribution is -0.123. The fraction of sp³-hybridized carbons (Fsp3) is 0.917. The molecule has 1 atom stereocenters. The average molecular weight is 226 g/mol. The highest BCUT2D eigenvalue weighted by Gasteiger charge is 2.24. The maximum Gasteiger partial charge on any atom is 0.237 e. The van der Waals surface area contributed by atoms with Crippen LogP contribution in [-0.2, 0) is 4.79 Å². The minimum Gasteiger partial charge on any atom is -0.393 e. The molecule has 0 spiro atoms. The summed E-state index contributed by atoms with van der Waals surface area (Å²) in [6.07, 6.45) is 5.83. The van der Waals surface area contributed by atoms with Crippen LogP contribution in [0.15, 0.2) is 0 Å². The van der Waals surface area contributed by atoms with Gasteiger partial charge >= 0.3 is 0 Å². The second-order valence-corrected chi connectivity index (χ2v) is 5.07. The summed E-state index contributed by atoms with van der Waals surface area (Å²) in [6.45, 7) is 1.75. The van der Waals surface area contributed by atoms with Crippen molar-refractivity contribution in [2.45, 2.75) is 50.7 Å². The molecule has 0 aromatic carbocycles. The maximum absolute atomic E-state index is 11.7. The van der Waals surface area contributed by atoms with E-state index in [2.05, 4.69) is 10.6 Å². The van der Waals surface area contributed by atoms with Crippen molar-refractivity contribution in [3.8, 4) is 0 Å². The van der Waals surface area contributed by atoms with Crippen molar-refractivity contribution in [3.63, 3.8) is 0 Å². The van der Waals surface area contributed by atoms with Gasteiger partial charge in [-0.05, 0) is 51.0 Å². The Morgan fingerprint density at radius 2 is 2.00 bits per heavy atom. The molecule has 92 valence electrons. The van der Waals surface area contributed by atoms with Gasteiger partial charge in [-0.15, -0.1) is 0 Å². The molecule has 0 unspecified atom stereocenters. The Hall–Kier alpha value is -0.610. The number of hydrogen-bond donors (Lipinski definition) is 3. The van der Waals surface area contributed by atoms with Crippen LogP contribution in [0.25, 0.3) is 0 Å². The second-order valence-electron chi connectivity index (χ2n) is 5.07. The maximum atomic E-state index is 11.7. The molecule has 16 heavy (non-hydrogen) atoms. The van der Waals surface area contributed by atoms with E-state index in [9.17, 15) is 9.90 Å². The van der Waals surface area contributed by atoms with Crippen molar-refractivity contribution in [2.75, 3.05) is 13.1 Å². The number of hydrogen-bond acceptors (Lipinski definition) is 3. The van der Waals surface area contributed by atoms with Crippen molar-refractivity contribution in [2.24, 2.45) is 5.92 Å². The van der Waals surface area contributed by atoms with Gasteiger partial charge in [-0.2, -0.15) is 0 Å². The average Bonchev–Trinajstić information content (AvgIpc) is 2.81. The van der Waals surface area contributed by atoms with Gasteiger partial charge in [-0.3, -0.25) is 4.79 Å². The third-order valence-corrected chi connectivity index (χ3v) is 3.76. The van der Waals surface area contributed by atoms with E-state index in [1.807, 2.05) is 0 Å². The predicted molar refractivity (Wildman–Crippen MR) is 62.0 cm³/mol. The normalized spacial score (nSPS) is 34.9. The Labute approximate surface area is 96.8 Å². The van der Waals surface area contributed by atoms with Gasteiger partial charge in [-0.1, -0.05) is 0 Å². The summed E-state index contributed by atoms with van der Waals surface area (Å²) >= 11 is 0. The van der Waals surface area contributed by atoms with Crippen LogP contribution in [0.5, 0.6) is 0 Å². The van der Waals surface area contributed by atoms with E-state index in [0.29, 0.717) is 5.92 Å². The summed E-state index contributed by atoms with van der Waals surface area (Å²) in [5, 5.41) is 15.6. The molecular formula is C12H22N2O2. The fourth-order valence-electron chi connectivity index (χ4n) is 2.63. The van der Waals surface area contributed by atoms with Crippen LogP contribution < -0.4 is 10.6 Å². The Balaban J connectivity index is 1.65. The van der Waals surface area contributed by atoms with Crippen LogP contribution in [0.4, 0.5) is 0 Å². The molecule has 1 saturated carbocycles.